The van der Waals surface area contributed by atoms with Crippen LogP contribution in [0, 0.1) is 20.8 Å². The van der Waals surface area contributed by atoms with Crippen molar-refractivity contribution in [3.8, 4) is 11.6 Å². The summed E-state index contributed by atoms with van der Waals surface area (Å²) < 4.78 is 37.1. The van der Waals surface area contributed by atoms with Gasteiger partial charge in [-0.05, 0) is 32.4 Å². The standard InChI is InChI=1S/C24H26N2O6S/c1-14-12-18(22(31-5)15(2)23(14)33(6,29)30)21(28)20-16(3)25-26(4)24(20)32-13-19(27)17-10-8-7-9-11-17/h7-12H,13H2,1-6H3. The van der Waals surface area contributed by atoms with Crippen molar-refractivity contribution >= 4 is 21.4 Å². The lowest BCUT2D eigenvalue weighted by atomic mass is 9.97. The van der Waals surface area contributed by atoms with Crippen molar-refractivity contribution in [2.24, 2.45) is 7.05 Å². The Morgan fingerprint density at radius 1 is 1.09 bits per heavy atom. The van der Waals surface area contributed by atoms with E-state index >= 15 is 0 Å². The molecule has 2 aromatic carbocycles. The molecule has 3 aromatic rings. The minimum absolute atomic E-state index is 0.128. The van der Waals surface area contributed by atoms with Crippen LogP contribution >= 0.6 is 0 Å². The first-order valence-electron chi connectivity index (χ1n) is 10.1. The molecule has 0 aliphatic rings. The molecular formula is C24H26N2O6S. The molecule has 0 unspecified atom stereocenters. The van der Waals surface area contributed by atoms with Gasteiger partial charge in [-0.3, -0.25) is 9.59 Å². The molecule has 0 spiro atoms. The van der Waals surface area contributed by atoms with E-state index in [1.54, 1.807) is 52.1 Å². The molecule has 0 N–H and O–H groups in total. The monoisotopic (exact) mass is 470 g/mol. The molecule has 1 heterocycles. The van der Waals surface area contributed by atoms with Crippen molar-refractivity contribution in [2.75, 3.05) is 20.0 Å². The molecule has 0 aliphatic heterocycles. The van der Waals surface area contributed by atoms with Crippen LogP contribution in [-0.4, -0.2) is 49.7 Å². The van der Waals surface area contributed by atoms with E-state index in [0.717, 1.165) is 6.26 Å². The van der Waals surface area contributed by atoms with Crippen LogP contribution in [-0.2, 0) is 16.9 Å². The van der Waals surface area contributed by atoms with E-state index in [-0.39, 0.29) is 40.0 Å². The highest BCUT2D eigenvalue weighted by Crippen LogP contribution is 2.35. The van der Waals surface area contributed by atoms with Gasteiger partial charge in [0, 0.05) is 24.4 Å². The summed E-state index contributed by atoms with van der Waals surface area (Å²) in [6.45, 7) is 4.62. The first kappa shape index (κ1) is 24.2. The number of methoxy groups -OCH3 is 1. The SMILES string of the molecule is COc1c(C(=O)c2c(C)nn(C)c2OCC(=O)c2ccccc2)cc(C)c(S(C)(=O)=O)c1C. The number of nitrogens with zero attached hydrogens (tertiary/aromatic N) is 2. The predicted octanol–water partition coefficient (Wildman–Crippen LogP) is 3.25. The summed E-state index contributed by atoms with van der Waals surface area (Å²) in [6.07, 6.45) is 1.12. The number of carbonyl (C=O) groups excluding carboxylic acids is 2. The second-order valence-corrected chi connectivity index (χ2v) is 9.75. The van der Waals surface area contributed by atoms with Gasteiger partial charge in [0.2, 0.25) is 11.7 Å². The van der Waals surface area contributed by atoms with Gasteiger partial charge < -0.3 is 9.47 Å². The average molecular weight is 471 g/mol. The third-order valence-electron chi connectivity index (χ3n) is 5.30. The van der Waals surface area contributed by atoms with Crippen molar-refractivity contribution in [3.05, 3.63) is 69.9 Å². The van der Waals surface area contributed by atoms with Gasteiger partial charge in [-0.15, -0.1) is 0 Å². The molecule has 9 heteroatoms. The number of rotatable bonds is 8. The minimum Gasteiger partial charge on any atom is -0.496 e. The Balaban J connectivity index is 2.04. The maximum absolute atomic E-state index is 13.6. The van der Waals surface area contributed by atoms with Gasteiger partial charge in [0.05, 0.1) is 23.3 Å². The van der Waals surface area contributed by atoms with E-state index in [1.807, 2.05) is 6.07 Å². The Morgan fingerprint density at radius 3 is 2.30 bits per heavy atom. The number of Topliss-reactive ketones (excluding diaryl/α,β-unsaturated/α-hetero) is 1. The normalized spacial score (nSPS) is 11.3. The predicted molar refractivity (Wildman–Crippen MR) is 123 cm³/mol. The first-order chi connectivity index (χ1) is 15.5. The Morgan fingerprint density at radius 2 is 1.73 bits per heavy atom. The number of aryl methyl sites for hydroxylation is 3. The summed E-state index contributed by atoms with van der Waals surface area (Å²) in [4.78, 5) is 26.2. The zero-order valence-corrected chi connectivity index (χ0v) is 20.2. The van der Waals surface area contributed by atoms with E-state index in [2.05, 4.69) is 5.10 Å². The number of benzene rings is 2. The summed E-state index contributed by atoms with van der Waals surface area (Å²) in [5.74, 6) is -0.368. The van der Waals surface area contributed by atoms with Gasteiger partial charge >= 0.3 is 0 Å². The highest BCUT2D eigenvalue weighted by molar-refractivity contribution is 7.90. The third kappa shape index (κ3) is 4.68. The second-order valence-electron chi connectivity index (χ2n) is 7.80. The highest BCUT2D eigenvalue weighted by atomic mass is 32.2. The van der Waals surface area contributed by atoms with Crippen LogP contribution in [0.4, 0.5) is 0 Å². The fourth-order valence-electron chi connectivity index (χ4n) is 3.99. The van der Waals surface area contributed by atoms with E-state index in [9.17, 15) is 18.0 Å². The lowest BCUT2D eigenvalue weighted by molar-refractivity contribution is 0.0908. The van der Waals surface area contributed by atoms with Gasteiger partial charge in [0.15, 0.2) is 22.2 Å². The molecule has 0 saturated heterocycles. The van der Waals surface area contributed by atoms with Gasteiger partial charge in [0.1, 0.15) is 11.3 Å². The molecule has 0 bridgehead atoms. The van der Waals surface area contributed by atoms with Crippen molar-refractivity contribution in [1.82, 2.24) is 9.78 Å². The summed E-state index contributed by atoms with van der Waals surface area (Å²) in [5.41, 5.74) is 2.06. The molecule has 0 fully saturated rings. The Kier molecular flexibility index (Phi) is 6.73. The zero-order valence-electron chi connectivity index (χ0n) is 19.4. The van der Waals surface area contributed by atoms with E-state index in [0.29, 0.717) is 22.4 Å². The van der Waals surface area contributed by atoms with Crippen molar-refractivity contribution in [3.63, 3.8) is 0 Å². The molecule has 33 heavy (non-hydrogen) atoms. The van der Waals surface area contributed by atoms with Gasteiger partial charge in [-0.25, -0.2) is 13.1 Å². The molecule has 0 aliphatic carbocycles. The Bertz CT molecular complexity index is 1340. The lowest BCUT2D eigenvalue weighted by Gasteiger charge is -2.17. The maximum atomic E-state index is 13.6. The minimum atomic E-state index is -3.53. The molecule has 1 aromatic heterocycles. The van der Waals surface area contributed by atoms with Gasteiger partial charge in [-0.2, -0.15) is 5.10 Å². The van der Waals surface area contributed by atoms with Gasteiger partial charge in [0.25, 0.3) is 0 Å². The average Bonchev–Trinajstić information content (AvgIpc) is 3.03. The van der Waals surface area contributed by atoms with Gasteiger partial charge in [-0.1, -0.05) is 30.3 Å². The van der Waals surface area contributed by atoms with Crippen LogP contribution in [0.25, 0.3) is 0 Å². The number of sulfone groups is 1. The molecular weight excluding hydrogens is 444 g/mol. The molecule has 0 amide bonds. The van der Waals surface area contributed by atoms with Crippen molar-refractivity contribution in [2.45, 2.75) is 25.7 Å². The van der Waals surface area contributed by atoms with Crippen LogP contribution in [0.15, 0.2) is 41.3 Å². The highest BCUT2D eigenvalue weighted by Gasteiger charge is 2.29. The fraction of sp³-hybridized carbons (Fsp3) is 0.292. The van der Waals surface area contributed by atoms with Crippen LogP contribution in [0.5, 0.6) is 11.6 Å². The number of ether oxygens (including phenoxy) is 2. The smallest absolute Gasteiger partial charge is 0.223 e. The molecule has 3 rings (SSSR count). The second kappa shape index (κ2) is 9.19. The Labute approximate surface area is 193 Å². The number of hydrogen-bond donors (Lipinski definition) is 0. The fourth-order valence-corrected chi connectivity index (χ4v) is 5.28. The number of aromatic nitrogens is 2. The molecule has 8 nitrogen and oxygen atoms in total. The topological polar surface area (TPSA) is 105 Å². The quantitative estimate of drug-likeness (QED) is 0.466. The summed E-state index contributed by atoms with van der Waals surface area (Å²) in [5, 5.41) is 4.29. The summed E-state index contributed by atoms with van der Waals surface area (Å²) in [6, 6.07) is 10.2. The first-order valence-corrected chi connectivity index (χ1v) is 12.0. The third-order valence-corrected chi connectivity index (χ3v) is 6.67. The van der Waals surface area contributed by atoms with Crippen molar-refractivity contribution in [1.29, 1.82) is 0 Å². The van der Waals surface area contributed by atoms with Crippen molar-refractivity contribution < 1.29 is 27.5 Å². The summed E-state index contributed by atoms with van der Waals surface area (Å²) in [7, 11) is -0.531. The van der Waals surface area contributed by atoms with E-state index < -0.39 is 15.6 Å². The van der Waals surface area contributed by atoms with Crippen LogP contribution in [0.1, 0.15) is 43.1 Å². The van der Waals surface area contributed by atoms with Crippen LogP contribution in [0.3, 0.4) is 0 Å². The van der Waals surface area contributed by atoms with E-state index in [4.69, 9.17) is 9.47 Å². The number of ketones is 2. The maximum Gasteiger partial charge on any atom is 0.223 e. The molecule has 0 atom stereocenters. The number of carbonyl (C=O) groups is 2. The van der Waals surface area contributed by atoms with E-state index in [1.165, 1.54) is 17.9 Å². The lowest BCUT2D eigenvalue weighted by Crippen LogP contribution is -2.16. The Hall–Kier alpha value is -3.46. The molecule has 0 saturated carbocycles. The largest absolute Gasteiger partial charge is 0.496 e. The summed E-state index contributed by atoms with van der Waals surface area (Å²) >= 11 is 0. The zero-order chi connectivity index (χ0) is 24.5. The number of hydrogen-bond acceptors (Lipinski definition) is 7. The van der Waals surface area contributed by atoms with Crippen LogP contribution in [0.2, 0.25) is 0 Å². The molecule has 174 valence electrons. The van der Waals surface area contributed by atoms with Crippen LogP contribution < -0.4 is 9.47 Å². The molecule has 0 radical (unpaired) electrons.